The van der Waals surface area contributed by atoms with Crippen LogP contribution in [0.3, 0.4) is 0 Å². The number of allylic oxidation sites excluding steroid dienone is 2. The maximum Gasteiger partial charge on any atom is 0.255 e. The zero-order chi connectivity index (χ0) is 21.8. The van der Waals surface area contributed by atoms with E-state index in [0.29, 0.717) is 11.3 Å². The van der Waals surface area contributed by atoms with Crippen molar-refractivity contribution in [2.45, 2.75) is 32.4 Å². The first-order valence-corrected chi connectivity index (χ1v) is 10.4. The smallest absolute Gasteiger partial charge is 0.255 e. The van der Waals surface area contributed by atoms with Gasteiger partial charge in [-0.25, -0.2) is 4.98 Å². The molecule has 0 fully saturated rings. The Morgan fingerprint density at radius 2 is 2.17 bits per heavy atom. The van der Waals surface area contributed by atoms with Crippen LogP contribution in [0.4, 0.5) is 0 Å². The molecule has 7 nitrogen and oxygen atoms in total. The number of carbonyl (C=O) groups is 2. The molecule has 30 heavy (non-hydrogen) atoms. The third kappa shape index (κ3) is 4.39. The topological polar surface area (TPSA) is 97.1 Å². The zero-order valence-electron chi connectivity index (χ0n) is 17.1. The van der Waals surface area contributed by atoms with E-state index < -0.39 is 23.8 Å². The highest BCUT2D eigenvalue weighted by Crippen LogP contribution is 2.32. The molecular formula is C22H24N4O3S. The lowest BCUT2D eigenvalue weighted by molar-refractivity contribution is -0.126. The van der Waals surface area contributed by atoms with Crippen LogP contribution in [0.1, 0.15) is 30.6 Å². The Kier molecular flexibility index (Phi) is 6.59. The van der Waals surface area contributed by atoms with Crippen LogP contribution in [0, 0.1) is 0 Å². The highest BCUT2D eigenvalue weighted by atomic mass is 32.1. The van der Waals surface area contributed by atoms with E-state index in [9.17, 15) is 14.7 Å². The first-order valence-electron chi connectivity index (χ1n) is 9.49. The summed E-state index contributed by atoms with van der Waals surface area (Å²) in [6, 6.07) is 4.90. The van der Waals surface area contributed by atoms with Crippen LogP contribution in [0.25, 0.3) is 21.5 Å². The van der Waals surface area contributed by atoms with Gasteiger partial charge in [-0.3, -0.25) is 14.3 Å². The summed E-state index contributed by atoms with van der Waals surface area (Å²) in [5.74, 6) is -0.829. The number of nitrogens with one attached hydrogen (secondary N) is 1. The Labute approximate surface area is 178 Å². The number of Topliss-reactive ketones (excluding diaryl/α,β-unsaturated/α-hetero) is 1. The van der Waals surface area contributed by atoms with Gasteiger partial charge < -0.3 is 10.4 Å². The summed E-state index contributed by atoms with van der Waals surface area (Å²) in [7, 11) is 1.74. The first-order chi connectivity index (χ1) is 14.3. The van der Waals surface area contributed by atoms with Crippen molar-refractivity contribution < 1.29 is 14.7 Å². The van der Waals surface area contributed by atoms with Gasteiger partial charge in [0, 0.05) is 18.8 Å². The van der Waals surface area contributed by atoms with E-state index in [-0.39, 0.29) is 6.42 Å². The lowest BCUT2D eigenvalue weighted by Crippen LogP contribution is -2.46. The van der Waals surface area contributed by atoms with Gasteiger partial charge in [-0.05, 0) is 26.3 Å². The molecule has 2 unspecified atom stereocenters. The molecule has 3 rings (SSSR count). The first kappa shape index (κ1) is 21.6. The maximum atomic E-state index is 13.2. The Balaban J connectivity index is 1.97. The number of hydrogen-bond acceptors (Lipinski definition) is 6. The van der Waals surface area contributed by atoms with Gasteiger partial charge in [0.05, 0.1) is 27.3 Å². The van der Waals surface area contributed by atoms with Crippen molar-refractivity contribution in [3.05, 3.63) is 59.8 Å². The fourth-order valence-corrected chi connectivity index (χ4v) is 4.08. The molecule has 0 saturated heterocycles. The Morgan fingerprint density at radius 1 is 1.40 bits per heavy atom. The molecule has 2 aromatic heterocycles. The molecule has 0 saturated carbocycles. The van der Waals surface area contributed by atoms with Crippen LogP contribution < -0.4 is 5.32 Å². The van der Waals surface area contributed by atoms with Gasteiger partial charge in [0.1, 0.15) is 11.8 Å². The van der Waals surface area contributed by atoms with Crippen LogP contribution in [-0.2, 0) is 11.8 Å². The van der Waals surface area contributed by atoms with E-state index in [0.717, 1.165) is 21.4 Å². The molecule has 0 aliphatic carbocycles. The van der Waals surface area contributed by atoms with Crippen molar-refractivity contribution in [1.29, 1.82) is 0 Å². The van der Waals surface area contributed by atoms with Crippen LogP contribution in [0.15, 0.2) is 54.2 Å². The number of aromatic nitrogens is 3. The molecule has 0 spiro atoms. The molecule has 0 aliphatic rings. The van der Waals surface area contributed by atoms with Gasteiger partial charge >= 0.3 is 0 Å². The van der Waals surface area contributed by atoms with E-state index >= 15 is 0 Å². The number of aliphatic hydroxyl groups excluding tert-OH is 1. The summed E-state index contributed by atoms with van der Waals surface area (Å²) in [4.78, 5) is 29.3. The van der Waals surface area contributed by atoms with Crippen molar-refractivity contribution >= 4 is 33.2 Å². The van der Waals surface area contributed by atoms with Gasteiger partial charge in [0.15, 0.2) is 5.78 Å². The number of amides is 1. The van der Waals surface area contributed by atoms with Crippen LogP contribution in [0.5, 0.6) is 0 Å². The summed E-state index contributed by atoms with van der Waals surface area (Å²) in [5.41, 5.74) is 5.11. The lowest BCUT2D eigenvalue weighted by atomic mass is 9.98. The predicted octanol–water partition coefficient (Wildman–Crippen LogP) is 3.27. The summed E-state index contributed by atoms with van der Waals surface area (Å²) < 4.78 is 2.51. The van der Waals surface area contributed by atoms with Crippen LogP contribution >= 0.6 is 11.3 Å². The van der Waals surface area contributed by atoms with Crippen LogP contribution in [-0.4, -0.2) is 43.7 Å². The molecule has 156 valence electrons. The van der Waals surface area contributed by atoms with E-state index in [4.69, 9.17) is 0 Å². The predicted molar refractivity (Wildman–Crippen MR) is 118 cm³/mol. The number of aryl methyl sites for hydroxylation is 1. The quantitative estimate of drug-likeness (QED) is 0.541. The second-order valence-electron chi connectivity index (χ2n) is 6.98. The van der Waals surface area contributed by atoms with Crippen LogP contribution in [0.2, 0.25) is 0 Å². The maximum absolute atomic E-state index is 13.2. The third-order valence-corrected chi connectivity index (χ3v) is 5.76. The second-order valence-corrected chi connectivity index (χ2v) is 7.83. The van der Waals surface area contributed by atoms with Crippen molar-refractivity contribution in [2.24, 2.45) is 7.05 Å². The summed E-state index contributed by atoms with van der Waals surface area (Å²) >= 11 is 1.48. The van der Waals surface area contributed by atoms with Gasteiger partial charge in [0.25, 0.3) is 5.91 Å². The molecule has 8 heteroatoms. The summed E-state index contributed by atoms with van der Waals surface area (Å²) in [6.45, 7) is 6.88. The number of rotatable bonds is 8. The van der Waals surface area contributed by atoms with Crippen molar-refractivity contribution in [3.63, 3.8) is 0 Å². The minimum absolute atomic E-state index is 0.284. The van der Waals surface area contributed by atoms with Gasteiger partial charge in [-0.2, -0.15) is 5.10 Å². The number of thiazole rings is 1. The van der Waals surface area contributed by atoms with E-state index in [1.165, 1.54) is 18.3 Å². The Hall–Kier alpha value is -3.10. The number of carbonyl (C=O) groups excluding carboxylic acids is 2. The Bertz CT molecular complexity index is 1130. The number of hydrogen-bond donors (Lipinski definition) is 2. The van der Waals surface area contributed by atoms with Crippen molar-refractivity contribution in [1.82, 2.24) is 20.1 Å². The molecule has 0 aliphatic heterocycles. The monoisotopic (exact) mass is 424 g/mol. The minimum atomic E-state index is -1.33. The molecule has 2 atom stereocenters. The fraction of sp³-hybridized carbons (Fsp3) is 0.273. The Morgan fingerprint density at radius 3 is 2.83 bits per heavy atom. The average molecular weight is 425 g/mol. The average Bonchev–Trinajstić information content (AvgIpc) is 3.36. The van der Waals surface area contributed by atoms with E-state index in [1.54, 1.807) is 29.5 Å². The molecule has 1 aromatic carbocycles. The number of fused-ring (bicyclic) bond motifs is 1. The highest BCUT2D eigenvalue weighted by molar-refractivity contribution is 7.17. The molecule has 0 radical (unpaired) electrons. The normalized spacial score (nSPS) is 13.8. The van der Waals surface area contributed by atoms with Crippen molar-refractivity contribution in [3.8, 4) is 11.3 Å². The number of benzene rings is 1. The van der Waals surface area contributed by atoms with Gasteiger partial charge in [-0.15, -0.1) is 11.3 Å². The molecule has 0 bridgehead atoms. The second kappa shape index (κ2) is 9.15. The van der Waals surface area contributed by atoms with Gasteiger partial charge in [-0.1, -0.05) is 36.4 Å². The fourth-order valence-electron chi connectivity index (χ4n) is 3.27. The molecule has 2 heterocycles. The molecule has 3 aromatic rings. The summed E-state index contributed by atoms with van der Waals surface area (Å²) in [6.07, 6.45) is 4.07. The standard InChI is InChI=1S/C22H24N4O3S/c1-5-14(6-2)10-18(20(28)13(3)27)24-22(29)16-11-26(4)25-19(16)15-8-7-9-17-21(15)30-12-23-17/h5-9,11-12,18,20,28H,1,10H2,2-4H3,(H,24,29)/b14-6+. The number of aliphatic hydroxyl groups is 1. The zero-order valence-corrected chi connectivity index (χ0v) is 17.9. The minimum Gasteiger partial charge on any atom is -0.383 e. The largest absolute Gasteiger partial charge is 0.383 e. The van der Waals surface area contributed by atoms with Gasteiger partial charge in [0.2, 0.25) is 0 Å². The number of ketones is 1. The molecule has 2 N–H and O–H groups in total. The van der Waals surface area contributed by atoms with E-state index in [1.807, 2.05) is 31.2 Å². The molecule has 1 amide bonds. The van der Waals surface area contributed by atoms with E-state index in [2.05, 4.69) is 22.0 Å². The SMILES string of the molecule is C=C/C(=C\C)CC(NC(=O)c1cn(C)nc1-c1cccc2ncsc12)C(O)C(C)=O. The number of nitrogens with zero attached hydrogens (tertiary/aromatic N) is 3. The lowest BCUT2D eigenvalue weighted by Gasteiger charge is -2.23. The molecular weight excluding hydrogens is 400 g/mol. The summed E-state index contributed by atoms with van der Waals surface area (Å²) in [5, 5.41) is 17.7. The van der Waals surface area contributed by atoms with Crippen molar-refractivity contribution in [2.75, 3.05) is 0 Å². The third-order valence-electron chi connectivity index (χ3n) is 4.89. The highest BCUT2D eigenvalue weighted by Gasteiger charge is 2.28.